The molecule has 0 unspecified atom stereocenters. The van der Waals surface area contributed by atoms with Crippen molar-refractivity contribution in [1.29, 1.82) is 0 Å². The van der Waals surface area contributed by atoms with E-state index >= 15 is 0 Å². The molecular weight excluding hydrogens is 310 g/mol. The summed E-state index contributed by atoms with van der Waals surface area (Å²) in [6, 6.07) is 7.03. The number of hydrogen-bond acceptors (Lipinski definition) is 4. The number of nitrogens with one attached hydrogen (secondary N) is 1. The van der Waals surface area contributed by atoms with Crippen LogP contribution in [0.3, 0.4) is 0 Å². The average Bonchev–Trinajstić information content (AvgIpc) is 3.17. The summed E-state index contributed by atoms with van der Waals surface area (Å²) in [6.45, 7) is 2.77. The van der Waals surface area contributed by atoms with Crippen LogP contribution in [0.25, 0.3) is 27.8 Å². The maximum Gasteiger partial charge on any atom is 0.341 e. The van der Waals surface area contributed by atoms with Crippen LogP contribution in [0.15, 0.2) is 41.5 Å². The van der Waals surface area contributed by atoms with Gasteiger partial charge in [-0.05, 0) is 19.1 Å². The number of benzene rings is 1. The summed E-state index contributed by atoms with van der Waals surface area (Å²) in [5.41, 5.74) is 1.82. The summed E-state index contributed by atoms with van der Waals surface area (Å²) in [4.78, 5) is 27.8. The minimum absolute atomic E-state index is 0.0474. The van der Waals surface area contributed by atoms with E-state index in [-0.39, 0.29) is 16.8 Å². The molecule has 0 saturated carbocycles. The highest BCUT2D eigenvalue weighted by Crippen LogP contribution is 2.23. The lowest BCUT2D eigenvalue weighted by Gasteiger charge is -2.03. The fourth-order valence-corrected chi connectivity index (χ4v) is 2.79. The van der Waals surface area contributed by atoms with E-state index in [2.05, 4.69) is 15.2 Å². The average molecular weight is 323 g/mol. The number of hydrogen-bond donors (Lipinski definition) is 2. The van der Waals surface area contributed by atoms with Gasteiger partial charge in [0.05, 0.1) is 17.4 Å². The van der Waals surface area contributed by atoms with E-state index in [1.54, 1.807) is 6.20 Å². The first kappa shape index (κ1) is 14.2. The van der Waals surface area contributed by atoms with E-state index < -0.39 is 5.97 Å². The summed E-state index contributed by atoms with van der Waals surface area (Å²) in [5, 5.41) is 17.0. The van der Waals surface area contributed by atoms with E-state index in [9.17, 15) is 14.7 Å². The molecule has 0 atom stereocenters. The molecule has 2 N–H and O–H groups in total. The Morgan fingerprint density at radius 1 is 1.33 bits per heavy atom. The highest BCUT2D eigenvalue weighted by Gasteiger charge is 2.15. The third-order valence-electron chi connectivity index (χ3n) is 3.97. The molecule has 3 heterocycles. The SMILES string of the molecule is CCn1ncc2cc(-c3cc(=O)n4[nH]cc(C(=O)O)c4n3)ccc21. The number of aromatic nitrogens is 5. The Hall–Kier alpha value is -3.42. The van der Waals surface area contributed by atoms with E-state index in [4.69, 9.17) is 0 Å². The third-order valence-corrected chi connectivity index (χ3v) is 3.97. The molecule has 0 radical (unpaired) electrons. The van der Waals surface area contributed by atoms with Gasteiger partial charge >= 0.3 is 5.97 Å². The Balaban J connectivity index is 1.94. The molecule has 4 rings (SSSR count). The second-order valence-electron chi connectivity index (χ2n) is 5.36. The van der Waals surface area contributed by atoms with Gasteiger partial charge in [-0.1, -0.05) is 6.07 Å². The smallest absolute Gasteiger partial charge is 0.341 e. The number of carbonyl (C=O) groups is 1. The summed E-state index contributed by atoms with van der Waals surface area (Å²) in [7, 11) is 0. The minimum atomic E-state index is -1.14. The first-order valence-electron chi connectivity index (χ1n) is 7.39. The molecule has 4 aromatic rings. The molecule has 0 amide bonds. The molecule has 8 nitrogen and oxygen atoms in total. The third kappa shape index (κ3) is 2.00. The second-order valence-corrected chi connectivity index (χ2v) is 5.36. The van der Waals surface area contributed by atoms with Crippen LogP contribution in [0.2, 0.25) is 0 Å². The van der Waals surface area contributed by atoms with E-state index in [1.807, 2.05) is 29.8 Å². The number of aromatic carboxylic acids is 1. The lowest BCUT2D eigenvalue weighted by Crippen LogP contribution is -2.15. The Labute approximate surface area is 135 Å². The number of rotatable bonds is 3. The maximum absolute atomic E-state index is 12.2. The maximum atomic E-state index is 12.2. The van der Waals surface area contributed by atoms with E-state index in [0.29, 0.717) is 5.69 Å². The molecule has 0 aliphatic rings. The van der Waals surface area contributed by atoms with Crippen molar-refractivity contribution in [3.05, 3.63) is 52.6 Å². The second kappa shape index (κ2) is 5.05. The molecule has 8 heteroatoms. The lowest BCUT2D eigenvalue weighted by atomic mass is 10.1. The van der Waals surface area contributed by atoms with Gasteiger partial charge < -0.3 is 5.11 Å². The fraction of sp³-hybridized carbons (Fsp3) is 0.125. The van der Waals surface area contributed by atoms with Gasteiger partial charge in [-0.3, -0.25) is 14.6 Å². The summed E-state index contributed by atoms with van der Waals surface area (Å²) in [6.07, 6.45) is 3.01. The number of aromatic amines is 1. The first-order valence-corrected chi connectivity index (χ1v) is 7.39. The summed E-state index contributed by atoms with van der Waals surface area (Å²) >= 11 is 0. The Bertz CT molecular complexity index is 1150. The molecule has 0 spiro atoms. The highest BCUT2D eigenvalue weighted by molar-refractivity contribution is 5.94. The van der Waals surface area contributed by atoms with Gasteiger partial charge in [0, 0.05) is 29.8 Å². The van der Waals surface area contributed by atoms with Gasteiger partial charge in [-0.2, -0.15) is 5.10 Å². The highest BCUT2D eigenvalue weighted by atomic mass is 16.4. The van der Waals surface area contributed by atoms with Gasteiger partial charge in [0.25, 0.3) is 5.56 Å². The van der Waals surface area contributed by atoms with Gasteiger partial charge in [0.1, 0.15) is 5.56 Å². The van der Waals surface area contributed by atoms with E-state index in [1.165, 1.54) is 12.3 Å². The Morgan fingerprint density at radius 3 is 2.92 bits per heavy atom. The normalized spacial score (nSPS) is 11.4. The molecule has 1 aromatic carbocycles. The predicted octanol–water partition coefficient (Wildman–Crippen LogP) is 1.76. The van der Waals surface area contributed by atoms with Gasteiger partial charge in [-0.25, -0.2) is 14.3 Å². The first-order chi connectivity index (χ1) is 11.6. The molecular formula is C16H13N5O3. The predicted molar refractivity (Wildman–Crippen MR) is 87.2 cm³/mol. The van der Waals surface area contributed by atoms with Crippen LogP contribution in [0.4, 0.5) is 0 Å². The number of nitrogens with zero attached hydrogens (tertiary/aromatic N) is 4. The zero-order valence-electron chi connectivity index (χ0n) is 12.7. The van der Waals surface area contributed by atoms with Crippen LogP contribution >= 0.6 is 0 Å². The van der Waals surface area contributed by atoms with Crippen LogP contribution < -0.4 is 5.56 Å². The standard InChI is InChI=1S/C16H13N5O3/c1-2-20-13-4-3-9(5-10(13)7-17-20)12-6-14(22)21-15(19-12)11(8-18-21)16(23)24/h3-8,18H,2H2,1H3,(H,23,24). The van der Waals surface area contributed by atoms with Crippen molar-refractivity contribution in [3.8, 4) is 11.3 Å². The molecule has 0 aliphatic heterocycles. The van der Waals surface area contributed by atoms with Crippen molar-refractivity contribution >= 4 is 22.5 Å². The van der Waals surface area contributed by atoms with Crippen LogP contribution in [0.1, 0.15) is 17.3 Å². The van der Waals surface area contributed by atoms with Crippen LogP contribution in [-0.2, 0) is 6.54 Å². The molecule has 24 heavy (non-hydrogen) atoms. The van der Waals surface area contributed by atoms with Crippen LogP contribution in [0.5, 0.6) is 0 Å². The van der Waals surface area contributed by atoms with Gasteiger partial charge in [-0.15, -0.1) is 0 Å². The molecule has 0 bridgehead atoms. The molecule has 3 aromatic heterocycles. The number of fused-ring (bicyclic) bond motifs is 2. The van der Waals surface area contributed by atoms with Gasteiger partial charge in [0.2, 0.25) is 0 Å². The number of carboxylic acid groups (broad SMARTS) is 1. The van der Waals surface area contributed by atoms with Crippen molar-refractivity contribution in [2.24, 2.45) is 0 Å². The van der Waals surface area contributed by atoms with Crippen molar-refractivity contribution in [2.45, 2.75) is 13.5 Å². The van der Waals surface area contributed by atoms with Crippen molar-refractivity contribution < 1.29 is 9.90 Å². The zero-order valence-corrected chi connectivity index (χ0v) is 12.7. The molecule has 0 fully saturated rings. The summed E-state index contributed by atoms with van der Waals surface area (Å²) in [5.74, 6) is -1.14. The number of carboxylic acids is 1. The fourth-order valence-electron chi connectivity index (χ4n) is 2.79. The Kier molecular flexibility index (Phi) is 2.99. The topological polar surface area (TPSA) is 105 Å². The molecule has 0 saturated heterocycles. The molecule has 0 aliphatic carbocycles. The van der Waals surface area contributed by atoms with Crippen LogP contribution in [-0.4, -0.2) is 35.5 Å². The van der Waals surface area contributed by atoms with Crippen molar-refractivity contribution in [2.75, 3.05) is 0 Å². The quantitative estimate of drug-likeness (QED) is 0.597. The lowest BCUT2D eigenvalue weighted by molar-refractivity contribution is 0.0699. The van der Waals surface area contributed by atoms with Crippen molar-refractivity contribution in [1.82, 2.24) is 24.4 Å². The Morgan fingerprint density at radius 2 is 2.17 bits per heavy atom. The molecule has 120 valence electrons. The van der Waals surface area contributed by atoms with E-state index in [0.717, 1.165) is 27.5 Å². The van der Waals surface area contributed by atoms with Gasteiger partial charge in [0.15, 0.2) is 5.65 Å². The monoisotopic (exact) mass is 323 g/mol. The van der Waals surface area contributed by atoms with Crippen molar-refractivity contribution in [3.63, 3.8) is 0 Å². The summed E-state index contributed by atoms with van der Waals surface area (Å²) < 4.78 is 2.99. The van der Waals surface area contributed by atoms with Crippen LogP contribution in [0, 0.1) is 0 Å². The number of aryl methyl sites for hydroxylation is 1. The zero-order chi connectivity index (χ0) is 16.8. The minimum Gasteiger partial charge on any atom is -0.477 e. The number of H-pyrrole nitrogens is 1. The largest absolute Gasteiger partial charge is 0.477 e.